The Hall–Kier alpha value is -4.05. The predicted molar refractivity (Wildman–Crippen MR) is 131 cm³/mol. The lowest BCUT2D eigenvalue weighted by Crippen LogP contribution is -2.29. The van der Waals surface area contributed by atoms with Crippen LogP contribution in [0.25, 0.3) is 0 Å². The average Bonchev–Trinajstić information content (AvgIpc) is 2.81. The summed E-state index contributed by atoms with van der Waals surface area (Å²) in [5.41, 5.74) is 6.16. The van der Waals surface area contributed by atoms with Crippen LogP contribution >= 0.6 is 0 Å². The molecule has 10 heteroatoms. The van der Waals surface area contributed by atoms with E-state index < -0.39 is 20.9 Å². The van der Waals surface area contributed by atoms with E-state index in [1.165, 1.54) is 28.6 Å². The van der Waals surface area contributed by atoms with Gasteiger partial charge in [-0.3, -0.25) is 19.2 Å². The van der Waals surface area contributed by atoms with Crippen LogP contribution in [0.4, 0.5) is 11.4 Å². The van der Waals surface area contributed by atoms with Crippen LogP contribution in [0.1, 0.15) is 34.0 Å². The molecule has 0 aliphatic carbocycles. The number of nitro groups is 1. The molecule has 0 bridgehead atoms. The molecule has 0 radical (unpaired) electrons. The van der Waals surface area contributed by atoms with Crippen LogP contribution in [0.5, 0.6) is 0 Å². The van der Waals surface area contributed by atoms with Crippen molar-refractivity contribution in [2.24, 2.45) is 5.10 Å². The zero-order valence-electron chi connectivity index (χ0n) is 18.9. The van der Waals surface area contributed by atoms with E-state index in [4.69, 9.17) is 0 Å². The van der Waals surface area contributed by atoms with Gasteiger partial charge in [-0.05, 0) is 61.4 Å². The Morgan fingerprint density at radius 2 is 1.53 bits per heavy atom. The lowest BCUT2D eigenvalue weighted by Gasteiger charge is -2.22. The van der Waals surface area contributed by atoms with Crippen LogP contribution in [-0.2, 0) is 16.6 Å². The van der Waals surface area contributed by atoms with Gasteiger partial charge in [-0.25, -0.2) is 13.8 Å². The highest BCUT2D eigenvalue weighted by Gasteiger charge is 2.18. The fourth-order valence-corrected chi connectivity index (χ4v) is 4.01. The predicted octanol–water partition coefficient (Wildman–Crippen LogP) is 4.02. The first-order chi connectivity index (χ1) is 16.0. The highest BCUT2D eigenvalue weighted by Crippen LogP contribution is 2.21. The third-order valence-corrected chi connectivity index (χ3v) is 6.23. The molecule has 0 aliphatic rings. The first-order valence-corrected chi connectivity index (χ1v) is 12.1. The molecule has 0 heterocycles. The fourth-order valence-electron chi connectivity index (χ4n) is 3.13. The number of hydrazone groups is 1. The Bertz CT molecular complexity index is 1320. The minimum Gasteiger partial charge on any atom is -0.267 e. The number of carbonyl (C=O) groups excluding carboxylic acids is 1. The first-order valence-electron chi connectivity index (χ1n) is 10.3. The molecule has 176 valence electrons. The molecule has 9 nitrogen and oxygen atoms in total. The molecule has 34 heavy (non-hydrogen) atoms. The fraction of sp³-hybridized carbons (Fsp3) is 0.167. The second-order valence-electron chi connectivity index (χ2n) is 7.74. The summed E-state index contributed by atoms with van der Waals surface area (Å²) < 4.78 is 26.0. The number of nitrogens with zero attached hydrogens (tertiary/aromatic N) is 3. The molecule has 3 rings (SSSR count). The maximum Gasteiger partial charge on any atom is 0.271 e. The summed E-state index contributed by atoms with van der Waals surface area (Å²) >= 11 is 0. The van der Waals surface area contributed by atoms with Crippen LogP contribution in [0.15, 0.2) is 77.9 Å². The van der Waals surface area contributed by atoms with Crippen molar-refractivity contribution in [1.29, 1.82) is 0 Å². The molecule has 0 aliphatic heterocycles. The molecule has 0 unspecified atom stereocenters. The van der Waals surface area contributed by atoms with Gasteiger partial charge in [-0.1, -0.05) is 29.8 Å². The lowest BCUT2D eigenvalue weighted by molar-refractivity contribution is -0.384. The van der Waals surface area contributed by atoms with E-state index >= 15 is 0 Å². The maximum atomic E-state index is 12.5. The molecule has 0 aromatic heterocycles. The van der Waals surface area contributed by atoms with Crippen molar-refractivity contribution in [2.45, 2.75) is 20.4 Å². The molecule has 0 fully saturated rings. The van der Waals surface area contributed by atoms with Crippen molar-refractivity contribution in [3.05, 3.63) is 105 Å². The summed E-state index contributed by atoms with van der Waals surface area (Å²) in [6.07, 6.45) is 1.14. The summed E-state index contributed by atoms with van der Waals surface area (Å²) in [5, 5.41) is 14.8. The Balaban J connectivity index is 1.72. The number of hydrogen-bond donors (Lipinski definition) is 1. The molecule has 3 aromatic rings. The largest absolute Gasteiger partial charge is 0.271 e. The first kappa shape index (κ1) is 24.6. The van der Waals surface area contributed by atoms with Gasteiger partial charge in [-0.15, -0.1) is 0 Å². The zero-order chi connectivity index (χ0) is 24.9. The average molecular weight is 481 g/mol. The van der Waals surface area contributed by atoms with Crippen LogP contribution < -0.4 is 9.73 Å². The number of carbonyl (C=O) groups is 1. The molecule has 1 amide bonds. The number of amides is 1. The highest BCUT2D eigenvalue weighted by atomic mass is 32.2. The molecular weight excluding hydrogens is 456 g/mol. The summed E-state index contributed by atoms with van der Waals surface area (Å²) in [5.74, 6) is -0.475. The standard InChI is InChI=1S/C24H24N4O5S/c1-17-4-6-19(7-5-17)16-27(34(3,32)33)22-12-10-21(11-13-22)24(29)26-25-18(2)20-8-14-23(15-9-20)28(30)31/h4-15H,16H2,1-3H3,(H,26,29)/b25-18-. The quantitative estimate of drug-likeness (QED) is 0.296. The van der Waals surface area contributed by atoms with Gasteiger partial charge in [-0.2, -0.15) is 5.10 Å². The number of aryl methyl sites for hydroxylation is 1. The molecular formula is C24H24N4O5S. The molecule has 0 spiro atoms. The third kappa shape index (κ3) is 6.26. The van der Waals surface area contributed by atoms with E-state index in [1.807, 2.05) is 31.2 Å². The Labute approximate surface area is 197 Å². The van der Waals surface area contributed by atoms with Crippen LogP contribution in [0.3, 0.4) is 0 Å². The van der Waals surface area contributed by atoms with Gasteiger partial charge < -0.3 is 0 Å². The van der Waals surface area contributed by atoms with Gasteiger partial charge >= 0.3 is 0 Å². The molecule has 0 saturated heterocycles. The van der Waals surface area contributed by atoms with Crippen LogP contribution in [-0.4, -0.2) is 31.2 Å². The summed E-state index contributed by atoms with van der Waals surface area (Å²) in [6, 6.07) is 19.6. The number of non-ortho nitro benzene ring substituents is 1. The number of nitro benzene ring substituents is 1. The van der Waals surface area contributed by atoms with E-state index in [1.54, 1.807) is 31.2 Å². The van der Waals surface area contributed by atoms with Crippen molar-refractivity contribution >= 4 is 33.0 Å². The summed E-state index contributed by atoms with van der Waals surface area (Å²) in [6.45, 7) is 3.79. The molecule has 0 saturated carbocycles. The maximum absolute atomic E-state index is 12.5. The normalized spacial score (nSPS) is 11.7. The number of sulfonamides is 1. The van der Waals surface area contributed by atoms with Crippen molar-refractivity contribution in [1.82, 2.24) is 5.43 Å². The van der Waals surface area contributed by atoms with E-state index in [2.05, 4.69) is 10.5 Å². The van der Waals surface area contributed by atoms with Crippen molar-refractivity contribution in [3.8, 4) is 0 Å². The number of anilines is 1. The number of benzene rings is 3. The van der Waals surface area contributed by atoms with Crippen LogP contribution in [0, 0.1) is 17.0 Å². The van der Waals surface area contributed by atoms with E-state index in [0.717, 1.165) is 17.4 Å². The van der Waals surface area contributed by atoms with Gasteiger partial charge in [0.25, 0.3) is 11.6 Å². The molecule has 0 atom stereocenters. The topological polar surface area (TPSA) is 122 Å². The second kappa shape index (κ2) is 10.3. The zero-order valence-corrected chi connectivity index (χ0v) is 19.7. The van der Waals surface area contributed by atoms with Crippen LogP contribution in [0.2, 0.25) is 0 Å². The Morgan fingerprint density at radius 3 is 2.06 bits per heavy atom. The van der Waals surface area contributed by atoms with Crippen molar-refractivity contribution < 1.29 is 18.1 Å². The molecule has 3 aromatic carbocycles. The Morgan fingerprint density at radius 1 is 0.971 bits per heavy atom. The van der Waals surface area contributed by atoms with E-state index in [0.29, 0.717) is 22.5 Å². The van der Waals surface area contributed by atoms with E-state index in [-0.39, 0.29) is 12.2 Å². The number of nitrogens with one attached hydrogen (secondary N) is 1. The SMILES string of the molecule is C/C(=N/NC(=O)c1ccc(N(Cc2ccc(C)cc2)S(C)(=O)=O)cc1)c1ccc([N+](=O)[O-])cc1. The summed E-state index contributed by atoms with van der Waals surface area (Å²) in [7, 11) is -3.55. The van der Waals surface area contributed by atoms with Gasteiger partial charge in [0.05, 0.1) is 29.1 Å². The van der Waals surface area contributed by atoms with Gasteiger partial charge in [0.15, 0.2) is 0 Å². The smallest absolute Gasteiger partial charge is 0.267 e. The molecule has 1 N–H and O–H groups in total. The van der Waals surface area contributed by atoms with E-state index in [9.17, 15) is 23.3 Å². The Kier molecular flexibility index (Phi) is 7.42. The third-order valence-electron chi connectivity index (χ3n) is 5.09. The minimum atomic E-state index is -3.55. The van der Waals surface area contributed by atoms with Gasteiger partial charge in [0, 0.05) is 17.7 Å². The minimum absolute atomic E-state index is 0.0359. The number of hydrogen-bond acceptors (Lipinski definition) is 6. The van der Waals surface area contributed by atoms with Crippen molar-refractivity contribution in [2.75, 3.05) is 10.6 Å². The summed E-state index contributed by atoms with van der Waals surface area (Å²) in [4.78, 5) is 22.8. The number of rotatable bonds is 8. The van der Waals surface area contributed by atoms with Gasteiger partial charge in [0.1, 0.15) is 0 Å². The van der Waals surface area contributed by atoms with Gasteiger partial charge in [0.2, 0.25) is 10.0 Å². The highest BCUT2D eigenvalue weighted by molar-refractivity contribution is 7.92. The lowest BCUT2D eigenvalue weighted by atomic mass is 10.1. The second-order valence-corrected chi connectivity index (χ2v) is 9.65. The van der Waals surface area contributed by atoms with Crippen molar-refractivity contribution in [3.63, 3.8) is 0 Å². The monoisotopic (exact) mass is 480 g/mol.